The number of halogens is 1. The number of alkyl halides is 1. The van der Waals surface area contributed by atoms with Crippen LogP contribution in [0.25, 0.3) is 0 Å². The van der Waals surface area contributed by atoms with Gasteiger partial charge >= 0.3 is 0 Å². The van der Waals surface area contributed by atoms with Gasteiger partial charge in [0.1, 0.15) is 0 Å². The molecule has 0 saturated carbocycles. The van der Waals surface area contributed by atoms with Gasteiger partial charge in [-0.2, -0.15) is 0 Å². The van der Waals surface area contributed by atoms with Crippen LogP contribution < -0.4 is 0 Å². The summed E-state index contributed by atoms with van der Waals surface area (Å²) in [4.78, 5) is 0. The predicted octanol–water partition coefficient (Wildman–Crippen LogP) is 1.85. The molecule has 0 aromatic rings. The molecule has 1 atom stereocenters. The lowest BCUT2D eigenvalue weighted by atomic mass is 10.1. The van der Waals surface area contributed by atoms with E-state index in [9.17, 15) is 0 Å². The van der Waals surface area contributed by atoms with E-state index in [1.807, 2.05) is 6.92 Å². The minimum Gasteiger partial charge on any atom is -0.377 e. The Labute approximate surface area is 56.0 Å². The van der Waals surface area contributed by atoms with Gasteiger partial charge in [0.25, 0.3) is 0 Å². The number of methoxy groups -OCH3 is 1. The zero-order valence-electron chi connectivity index (χ0n) is 5.41. The molecule has 2 heteroatoms. The van der Waals surface area contributed by atoms with Crippen LogP contribution in [0.5, 0.6) is 0 Å². The average molecular weight is 136 g/mol. The van der Waals surface area contributed by atoms with Crippen LogP contribution in [0, 0.1) is 6.92 Å². The number of hydrogen-bond donors (Lipinski definition) is 0. The van der Waals surface area contributed by atoms with Gasteiger partial charge in [0, 0.05) is 7.11 Å². The fraction of sp³-hybridized carbons (Fsp3) is 0.833. The van der Waals surface area contributed by atoms with E-state index in [2.05, 4.69) is 6.92 Å². The quantitative estimate of drug-likeness (QED) is 0.537. The van der Waals surface area contributed by atoms with E-state index in [1.165, 1.54) is 0 Å². The molecule has 0 aromatic carbocycles. The molecule has 0 aromatic heterocycles. The van der Waals surface area contributed by atoms with E-state index in [1.54, 1.807) is 7.11 Å². The third-order valence-corrected chi connectivity index (χ3v) is 1.81. The number of ether oxygens (including phenoxy) is 1. The summed E-state index contributed by atoms with van der Waals surface area (Å²) in [6.07, 6.45) is 0.854. The third-order valence-electron chi connectivity index (χ3n) is 1.32. The lowest BCUT2D eigenvalue weighted by Gasteiger charge is -2.22. The summed E-state index contributed by atoms with van der Waals surface area (Å²) in [6, 6.07) is 0. The van der Waals surface area contributed by atoms with Crippen LogP contribution in [0.15, 0.2) is 0 Å². The average Bonchev–Trinajstić information content (AvgIpc) is 1.87. The Morgan fingerprint density at radius 3 is 2.25 bits per heavy atom. The van der Waals surface area contributed by atoms with Crippen molar-refractivity contribution in [2.45, 2.75) is 18.9 Å². The maximum atomic E-state index is 5.52. The summed E-state index contributed by atoms with van der Waals surface area (Å²) in [7, 11) is 1.62. The van der Waals surface area contributed by atoms with Gasteiger partial charge in [0.15, 0.2) is 0 Å². The van der Waals surface area contributed by atoms with E-state index in [-0.39, 0.29) is 5.60 Å². The van der Waals surface area contributed by atoms with Crippen LogP contribution in [0.1, 0.15) is 13.3 Å². The van der Waals surface area contributed by atoms with Gasteiger partial charge in [0.2, 0.25) is 0 Å². The third kappa shape index (κ3) is 2.01. The van der Waals surface area contributed by atoms with E-state index in [4.69, 9.17) is 16.3 Å². The molecule has 1 radical (unpaired) electrons. The lowest BCUT2D eigenvalue weighted by molar-refractivity contribution is 0.0461. The van der Waals surface area contributed by atoms with Crippen molar-refractivity contribution in [2.24, 2.45) is 0 Å². The monoisotopic (exact) mass is 135 g/mol. The van der Waals surface area contributed by atoms with Crippen LogP contribution in [-0.2, 0) is 4.74 Å². The Morgan fingerprint density at radius 2 is 2.25 bits per heavy atom. The van der Waals surface area contributed by atoms with Crippen molar-refractivity contribution >= 4 is 11.6 Å². The molecular weight excluding hydrogens is 124 g/mol. The van der Waals surface area contributed by atoms with Crippen molar-refractivity contribution in [3.8, 4) is 0 Å². The van der Waals surface area contributed by atoms with Crippen molar-refractivity contribution in [2.75, 3.05) is 13.0 Å². The molecule has 0 amide bonds. The molecule has 0 fully saturated rings. The minimum atomic E-state index is -0.360. The van der Waals surface area contributed by atoms with Gasteiger partial charge in [-0.1, -0.05) is 6.92 Å². The fourth-order valence-corrected chi connectivity index (χ4v) is 0.591. The topological polar surface area (TPSA) is 9.23 Å². The Morgan fingerprint density at radius 1 is 1.75 bits per heavy atom. The Bertz CT molecular complexity index is 51.3. The molecule has 1 nitrogen and oxygen atoms in total. The summed E-state index contributed by atoms with van der Waals surface area (Å²) < 4.78 is 4.99. The first kappa shape index (κ1) is 8.25. The first-order chi connectivity index (χ1) is 3.68. The molecule has 8 heavy (non-hydrogen) atoms. The Balaban J connectivity index is 3.58. The molecule has 0 spiro atoms. The van der Waals surface area contributed by atoms with Gasteiger partial charge in [0.05, 0.1) is 11.5 Å². The summed E-state index contributed by atoms with van der Waals surface area (Å²) in [6.45, 7) is 5.77. The highest BCUT2D eigenvalue weighted by atomic mass is 35.5. The second kappa shape index (κ2) is 3.31. The predicted molar refractivity (Wildman–Crippen MR) is 36.1 cm³/mol. The lowest BCUT2D eigenvalue weighted by Crippen LogP contribution is -2.28. The molecule has 1 unspecified atom stereocenters. The van der Waals surface area contributed by atoms with Gasteiger partial charge in [-0.05, 0) is 13.3 Å². The number of rotatable bonds is 3. The van der Waals surface area contributed by atoms with Crippen molar-refractivity contribution in [3.63, 3.8) is 0 Å². The highest BCUT2D eigenvalue weighted by Gasteiger charge is 2.18. The Hall–Kier alpha value is 0.250. The van der Waals surface area contributed by atoms with Gasteiger partial charge in [-0.3, -0.25) is 0 Å². The highest BCUT2D eigenvalue weighted by Crippen LogP contribution is 2.13. The van der Waals surface area contributed by atoms with Crippen LogP contribution in [-0.4, -0.2) is 18.6 Å². The second-order valence-electron chi connectivity index (χ2n) is 1.87. The summed E-state index contributed by atoms with van der Waals surface area (Å²) in [5.74, 6) is 0.458. The maximum Gasteiger partial charge on any atom is 0.0811 e. The second-order valence-corrected chi connectivity index (χ2v) is 2.14. The normalized spacial score (nSPS) is 18.0. The minimum absolute atomic E-state index is 0.360. The fourth-order valence-electron chi connectivity index (χ4n) is 0.293. The molecule has 49 valence electrons. The highest BCUT2D eigenvalue weighted by molar-refractivity contribution is 6.18. The molecule has 0 saturated heterocycles. The Kier molecular flexibility index (Phi) is 3.41. The zero-order valence-corrected chi connectivity index (χ0v) is 6.16. The molecule has 0 rings (SSSR count). The van der Waals surface area contributed by atoms with Crippen LogP contribution >= 0.6 is 11.6 Å². The first-order valence-electron chi connectivity index (χ1n) is 2.65. The molecular formula is C6H12ClO. The first-order valence-corrected chi connectivity index (χ1v) is 3.18. The number of hydrogen-bond acceptors (Lipinski definition) is 1. The van der Waals surface area contributed by atoms with Crippen LogP contribution in [0.2, 0.25) is 0 Å². The van der Waals surface area contributed by atoms with E-state index in [0.717, 1.165) is 6.42 Å². The zero-order chi connectivity index (χ0) is 6.62. The molecule has 0 aliphatic heterocycles. The molecule has 0 N–H and O–H groups in total. The molecule has 0 aliphatic rings. The smallest absolute Gasteiger partial charge is 0.0811 e. The summed E-state index contributed by atoms with van der Waals surface area (Å²) in [5, 5.41) is 0. The van der Waals surface area contributed by atoms with Crippen molar-refractivity contribution in [1.29, 1.82) is 0 Å². The van der Waals surface area contributed by atoms with Gasteiger partial charge in [-0.15, -0.1) is 11.6 Å². The van der Waals surface area contributed by atoms with Gasteiger partial charge in [-0.25, -0.2) is 0 Å². The summed E-state index contributed by atoms with van der Waals surface area (Å²) in [5.41, 5.74) is -0.360. The van der Waals surface area contributed by atoms with E-state index in [0.29, 0.717) is 5.88 Å². The molecule has 0 heterocycles. The van der Waals surface area contributed by atoms with Crippen molar-refractivity contribution in [3.05, 3.63) is 6.92 Å². The maximum absolute atomic E-state index is 5.52. The van der Waals surface area contributed by atoms with Crippen LogP contribution in [0.4, 0.5) is 0 Å². The van der Waals surface area contributed by atoms with E-state index < -0.39 is 0 Å². The van der Waals surface area contributed by atoms with Crippen molar-refractivity contribution in [1.82, 2.24) is 0 Å². The van der Waals surface area contributed by atoms with Gasteiger partial charge < -0.3 is 4.74 Å². The SMILES string of the molecule is [CH2]C(CC)(CCl)OC. The standard InChI is InChI=1S/C6H12ClO/c1-4-6(2,5-7)8-3/h2,4-5H2,1,3H3. The van der Waals surface area contributed by atoms with E-state index >= 15 is 0 Å². The molecule has 0 aliphatic carbocycles. The van der Waals surface area contributed by atoms with Crippen molar-refractivity contribution < 1.29 is 4.74 Å². The largest absolute Gasteiger partial charge is 0.377 e. The molecule has 0 bridgehead atoms. The van der Waals surface area contributed by atoms with Crippen LogP contribution in [0.3, 0.4) is 0 Å². The summed E-state index contributed by atoms with van der Waals surface area (Å²) >= 11 is 5.52.